The van der Waals surface area contributed by atoms with E-state index in [0.29, 0.717) is 31.1 Å². The van der Waals surface area contributed by atoms with E-state index in [1.54, 1.807) is 37.3 Å². The first-order valence-electron chi connectivity index (χ1n) is 12.8. The Morgan fingerprint density at radius 3 is 2.59 bits per heavy atom. The van der Waals surface area contributed by atoms with Crippen LogP contribution in [0.1, 0.15) is 41.7 Å². The molecular weight excluding hydrogens is 523 g/mol. The fraction of sp³-hybridized carbons (Fsp3) is 0.429. The molecule has 0 unspecified atom stereocenters. The van der Waals surface area contributed by atoms with Crippen molar-refractivity contribution in [2.75, 3.05) is 33.4 Å². The van der Waals surface area contributed by atoms with Gasteiger partial charge in [0.2, 0.25) is 11.3 Å². The molecule has 2 aliphatic rings. The summed E-state index contributed by atoms with van der Waals surface area (Å²) < 4.78 is 20.0. The fourth-order valence-electron chi connectivity index (χ4n) is 5.29. The highest BCUT2D eigenvalue weighted by Crippen LogP contribution is 2.37. The summed E-state index contributed by atoms with van der Waals surface area (Å²) in [6.45, 7) is 7.11. The zero-order valence-corrected chi connectivity index (χ0v) is 23.1. The van der Waals surface area contributed by atoms with E-state index in [9.17, 15) is 23.9 Å². The number of carbonyl (C=O) groups excluding carboxylic acids is 2. The molecular formula is C28H31FN4O5S. The van der Waals surface area contributed by atoms with Crippen LogP contribution in [-0.2, 0) is 21.5 Å². The number of carbonyl (C=O) groups is 2. The van der Waals surface area contributed by atoms with Gasteiger partial charge in [0.05, 0.1) is 18.7 Å². The topological polar surface area (TPSA) is 105 Å². The van der Waals surface area contributed by atoms with Gasteiger partial charge in [-0.15, -0.1) is 11.3 Å². The Kier molecular flexibility index (Phi) is 7.06. The second-order valence-electron chi connectivity index (χ2n) is 10.7. The van der Waals surface area contributed by atoms with Crippen LogP contribution < -0.4 is 5.43 Å². The second-order valence-corrected chi connectivity index (χ2v) is 11.8. The maximum Gasteiger partial charge on any atom is 0.274 e. The van der Waals surface area contributed by atoms with Gasteiger partial charge in [-0.2, -0.15) is 0 Å². The van der Waals surface area contributed by atoms with Crippen LogP contribution >= 0.6 is 11.3 Å². The monoisotopic (exact) mass is 554 g/mol. The lowest BCUT2D eigenvalue weighted by atomic mass is 9.89. The minimum atomic E-state index is -1.25. The predicted molar refractivity (Wildman–Crippen MR) is 144 cm³/mol. The molecule has 1 atom stereocenters. The van der Waals surface area contributed by atoms with Crippen molar-refractivity contribution in [1.29, 1.82) is 0 Å². The first-order chi connectivity index (χ1) is 18.5. The number of benzene rings is 1. The molecule has 1 saturated heterocycles. The maximum absolute atomic E-state index is 13.9. The number of nitrogens with zero attached hydrogens (tertiary/aromatic N) is 4. The summed E-state index contributed by atoms with van der Waals surface area (Å²) in [6.07, 6.45) is 3.61. The zero-order chi connectivity index (χ0) is 28.1. The Morgan fingerprint density at radius 1 is 1.26 bits per heavy atom. The van der Waals surface area contributed by atoms with Crippen LogP contribution in [0.4, 0.5) is 4.39 Å². The highest BCUT2D eigenvalue weighted by Gasteiger charge is 2.50. The molecule has 2 amide bonds. The fourth-order valence-corrected chi connectivity index (χ4v) is 6.24. The molecule has 0 bridgehead atoms. The van der Waals surface area contributed by atoms with E-state index < -0.39 is 22.6 Å². The van der Waals surface area contributed by atoms with Gasteiger partial charge in [-0.05, 0) is 38.5 Å². The lowest BCUT2D eigenvalue weighted by Gasteiger charge is -2.49. The number of thiazole rings is 1. The molecule has 0 radical (unpaired) electrons. The number of halogens is 1. The average Bonchev–Trinajstić information content (AvgIpc) is 3.34. The van der Waals surface area contributed by atoms with Crippen molar-refractivity contribution in [2.24, 2.45) is 5.92 Å². The Hall–Kier alpha value is -3.57. The van der Waals surface area contributed by atoms with Crippen LogP contribution in [0.25, 0.3) is 10.6 Å². The molecule has 1 N–H and O–H groups in total. The molecule has 2 aromatic heterocycles. The van der Waals surface area contributed by atoms with Crippen LogP contribution in [0.2, 0.25) is 0 Å². The summed E-state index contributed by atoms with van der Waals surface area (Å²) in [5, 5.41) is 11.4. The summed E-state index contributed by atoms with van der Waals surface area (Å²) in [6, 6.07) is 5.89. The first-order valence-corrected chi connectivity index (χ1v) is 13.6. The van der Waals surface area contributed by atoms with Crippen LogP contribution in [0.15, 0.2) is 41.5 Å². The van der Waals surface area contributed by atoms with Crippen molar-refractivity contribution < 1.29 is 23.8 Å². The molecule has 9 nitrogen and oxygen atoms in total. The Morgan fingerprint density at radius 2 is 1.95 bits per heavy atom. The maximum atomic E-state index is 13.9. The number of hydrogen-bond donors (Lipinski definition) is 1. The highest BCUT2D eigenvalue weighted by atomic mass is 32.1. The van der Waals surface area contributed by atoms with Crippen LogP contribution in [-0.4, -0.2) is 75.7 Å². The summed E-state index contributed by atoms with van der Waals surface area (Å²) in [5.41, 5.74) is -1.18. The van der Waals surface area contributed by atoms with Crippen molar-refractivity contribution in [3.63, 3.8) is 0 Å². The minimum Gasteiger partial charge on any atom is -0.503 e. The summed E-state index contributed by atoms with van der Waals surface area (Å²) in [4.78, 5) is 49.2. The summed E-state index contributed by atoms with van der Waals surface area (Å²) in [7, 11) is 1.62. The number of rotatable bonds is 7. The van der Waals surface area contributed by atoms with Gasteiger partial charge >= 0.3 is 0 Å². The van der Waals surface area contributed by atoms with Gasteiger partial charge in [-0.1, -0.05) is 12.1 Å². The highest BCUT2D eigenvalue weighted by molar-refractivity contribution is 7.15. The molecule has 4 heterocycles. The molecule has 39 heavy (non-hydrogen) atoms. The number of aromatic nitrogens is 2. The lowest BCUT2D eigenvalue weighted by Crippen LogP contribution is -2.65. The molecule has 3 aromatic rings. The van der Waals surface area contributed by atoms with Gasteiger partial charge in [0.25, 0.3) is 5.91 Å². The zero-order valence-electron chi connectivity index (χ0n) is 22.3. The number of fused-ring (bicyclic) bond motifs is 1. The number of likely N-dealkylation sites (tertiary alicyclic amines) is 1. The summed E-state index contributed by atoms with van der Waals surface area (Å²) in [5.74, 6) is -1.48. The second kappa shape index (κ2) is 10.2. The largest absolute Gasteiger partial charge is 0.503 e. The minimum absolute atomic E-state index is 0.0935. The van der Waals surface area contributed by atoms with Gasteiger partial charge in [-0.25, -0.2) is 9.37 Å². The summed E-state index contributed by atoms with van der Waals surface area (Å²) >= 11 is 1.27. The van der Waals surface area contributed by atoms with Crippen molar-refractivity contribution in [3.05, 3.63) is 68.8 Å². The molecule has 0 saturated carbocycles. The van der Waals surface area contributed by atoms with Crippen molar-refractivity contribution >= 4 is 23.2 Å². The van der Waals surface area contributed by atoms with Crippen molar-refractivity contribution in [1.82, 2.24) is 19.4 Å². The van der Waals surface area contributed by atoms with Crippen LogP contribution in [0.5, 0.6) is 5.75 Å². The molecule has 1 aromatic carbocycles. The van der Waals surface area contributed by atoms with E-state index in [1.165, 1.54) is 39.1 Å². The van der Waals surface area contributed by atoms with E-state index in [1.807, 2.05) is 13.8 Å². The average molecular weight is 555 g/mol. The van der Waals surface area contributed by atoms with Crippen molar-refractivity contribution in [3.8, 4) is 16.3 Å². The van der Waals surface area contributed by atoms with Crippen molar-refractivity contribution in [2.45, 2.75) is 38.8 Å². The molecule has 11 heteroatoms. The van der Waals surface area contributed by atoms with Gasteiger partial charge < -0.3 is 24.2 Å². The smallest absolute Gasteiger partial charge is 0.274 e. The van der Waals surface area contributed by atoms with Gasteiger partial charge in [0.15, 0.2) is 11.4 Å². The number of ether oxygens (including phenoxy) is 1. The molecule has 206 valence electrons. The normalized spacial score (nSPS) is 19.4. The molecule has 5 rings (SSSR count). The van der Waals surface area contributed by atoms with E-state index in [4.69, 9.17) is 4.74 Å². The van der Waals surface area contributed by atoms with Crippen LogP contribution in [0.3, 0.4) is 0 Å². The Balaban J connectivity index is 1.56. The number of hydrogen-bond acceptors (Lipinski definition) is 7. The Bertz CT molecular complexity index is 1480. The quantitative estimate of drug-likeness (QED) is 0.481. The predicted octanol–water partition coefficient (Wildman–Crippen LogP) is 3.09. The van der Waals surface area contributed by atoms with E-state index in [2.05, 4.69) is 4.98 Å². The third-order valence-electron chi connectivity index (χ3n) is 7.46. The number of aromatic hydroxyl groups is 1. The van der Waals surface area contributed by atoms with Gasteiger partial charge in [0.1, 0.15) is 16.4 Å². The Labute approximate surface area is 229 Å². The van der Waals surface area contributed by atoms with Crippen LogP contribution in [0, 0.1) is 11.7 Å². The van der Waals surface area contributed by atoms with Gasteiger partial charge in [-0.3, -0.25) is 14.4 Å². The molecule has 1 fully saturated rings. The van der Waals surface area contributed by atoms with E-state index >= 15 is 0 Å². The lowest BCUT2D eigenvalue weighted by molar-refractivity contribution is -0.149. The molecule has 0 spiro atoms. The number of methoxy groups -OCH3 is 1. The number of pyridine rings is 1. The SMILES string of the molecule is COCC1CN(C(=O)[C@@]2(C)CN(C(C)C)C(=O)c3c(O)c(=O)c(-c4ncc(Cc5ccc(F)cc5)s4)cn32)C1. The third kappa shape index (κ3) is 4.74. The number of amides is 2. The first kappa shape index (κ1) is 27.0. The third-order valence-corrected chi connectivity index (χ3v) is 8.49. The van der Waals surface area contributed by atoms with Gasteiger partial charge in [0, 0.05) is 55.9 Å². The van der Waals surface area contributed by atoms with E-state index in [0.717, 1.165) is 10.4 Å². The van der Waals surface area contributed by atoms with E-state index in [-0.39, 0.29) is 41.5 Å². The standard InChI is InChI=1S/C28H31FN4O5S/c1-16(2)32-15-28(3,27(37)31-11-18(12-31)14-38-4)33-13-21(23(34)24(35)22(33)26(32)36)25-30-10-20(39-25)9-17-5-7-19(29)8-6-17/h5-8,10,13,16,18,35H,9,11-12,14-15H2,1-4H3/t28-/m1/s1. The molecule has 2 aliphatic heterocycles. The molecule has 0 aliphatic carbocycles.